The van der Waals surface area contributed by atoms with E-state index in [0.717, 1.165) is 32.5 Å². The Balaban J connectivity index is 1.34. The maximum atomic E-state index is 12.9. The van der Waals surface area contributed by atoms with Crippen molar-refractivity contribution in [2.45, 2.75) is 31.8 Å². The number of hydrogen-bond donors (Lipinski definition) is 0. The van der Waals surface area contributed by atoms with E-state index in [2.05, 4.69) is 9.88 Å². The van der Waals surface area contributed by atoms with Gasteiger partial charge in [0.2, 0.25) is 10.0 Å². The van der Waals surface area contributed by atoms with E-state index < -0.39 is 10.0 Å². The Morgan fingerprint density at radius 3 is 2.33 bits per heavy atom. The fourth-order valence-electron chi connectivity index (χ4n) is 4.28. The molecule has 1 amide bonds. The van der Waals surface area contributed by atoms with Crippen LogP contribution < -0.4 is 4.31 Å². The van der Waals surface area contributed by atoms with E-state index in [1.165, 1.54) is 9.87 Å². The molecule has 0 atom stereocenters. The second-order valence-corrected chi connectivity index (χ2v) is 10.1. The topological polar surface area (TPSA) is 73.8 Å². The quantitative estimate of drug-likeness (QED) is 0.731. The summed E-state index contributed by atoms with van der Waals surface area (Å²) in [5, 5.41) is 0. The minimum Gasteiger partial charge on any atom is -0.339 e. The monoisotopic (exact) mass is 428 g/mol. The normalized spacial score (nSPS) is 19.7. The highest BCUT2D eigenvalue weighted by molar-refractivity contribution is 7.93. The van der Waals surface area contributed by atoms with Gasteiger partial charge in [-0.15, -0.1) is 0 Å². The van der Waals surface area contributed by atoms with E-state index in [0.29, 0.717) is 24.2 Å². The number of sulfonamides is 1. The summed E-state index contributed by atoms with van der Waals surface area (Å²) in [5.41, 5.74) is 2.49. The minimum absolute atomic E-state index is 0.0154. The van der Waals surface area contributed by atoms with Crippen molar-refractivity contribution in [1.82, 2.24) is 14.8 Å². The van der Waals surface area contributed by atoms with Crippen LogP contribution in [-0.2, 0) is 16.6 Å². The molecule has 2 aliphatic rings. The molecule has 30 heavy (non-hydrogen) atoms. The zero-order valence-corrected chi connectivity index (χ0v) is 18.1. The van der Waals surface area contributed by atoms with Crippen LogP contribution in [0.4, 0.5) is 5.69 Å². The maximum absolute atomic E-state index is 12.9. The molecule has 160 valence electrons. The van der Waals surface area contributed by atoms with Crippen molar-refractivity contribution in [3.8, 4) is 0 Å². The Morgan fingerprint density at radius 1 is 1.07 bits per heavy atom. The van der Waals surface area contributed by atoms with E-state index in [1.807, 2.05) is 36.5 Å². The molecule has 0 unspecified atom stereocenters. The van der Waals surface area contributed by atoms with E-state index in [-0.39, 0.29) is 17.7 Å². The van der Waals surface area contributed by atoms with Gasteiger partial charge in [0.15, 0.2) is 0 Å². The molecular weight excluding hydrogens is 400 g/mol. The van der Waals surface area contributed by atoms with Gasteiger partial charge in [-0.2, -0.15) is 0 Å². The fraction of sp³-hybridized carbons (Fsp3) is 0.455. The third-order valence-corrected chi connectivity index (χ3v) is 7.95. The molecule has 4 rings (SSSR count). The van der Waals surface area contributed by atoms with Gasteiger partial charge in [-0.3, -0.25) is 19.0 Å². The standard InChI is InChI=1S/C22H28N4O3S/c1-24(20-9-14-25(15-10-20)17-18-7-11-23-12-8-18)22(27)19-3-5-21(6-4-19)26-13-2-16-30(26,28)29/h3-8,11-12,20H,2,9-10,13-17H2,1H3. The minimum atomic E-state index is -3.20. The van der Waals surface area contributed by atoms with Gasteiger partial charge in [-0.05, 0) is 61.2 Å². The molecule has 0 bridgehead atoms. The van der Waals surface area contributed by atoms with Crippen molar-refractivity contribution in [2.24, 2.45) is 0 Å². The summed E-state index contributed by atoms with van der Waals surface area (Å²) >= 11 is 0. The molecular formula is C22H28N4O3S. The molecule has 2 saturated heterocycles. The SMILES string of the molecule is CN(C(=O)c1ccc(N2CCCS2(=O)=O)cc1)C1CCN(Cc2ccncc2)CC1. The van der Waals surface area contributed by atoms with Gasteiger partial charge in [0.25, 0.3) is 5.91 Å². The average Bonchev–Trinajstić information content (AvgIpc) is 3.13. The highest BCUT2D eigenvalue weighted by Gasteiger charge is 2.29. The zero-order chi connectivity index (χ0) is 21.1. The highest BCUT2D eigenvalue weighted by Crippen LogP contribution is 2.25. The number of nitrogens with zero attached hydrogens (tertiary/aromatic N) is 4. The van der Waals surface area contributed by atoms with Crippen LogP contribution in [0.1, 0.15) is 35.2 Å². The zero-order valence-electron chi connectivity index (χ0n) is 17.3. The number of amides is 1. The van der Waals surface area contributed by atoms with Gasteiger partial charge in [-0.1, -0.05) is 0 Å². The van der Waals surface area contributed by atoms with E-state index in [1.54, 1.807) is 24.3 Å². The summed E-state index contributed by atoms with van der Waals surface area (Å²) in [6, 6.07) is 11.2. The lowest BCUT2D eigenvalue weighted by Gasteiger charge is -2.36. The molecule has 3 heterocycles. The molecule has 7 nitrogen and oxygen atoms in total. The summed E-state index contributed by atoms with van der Waals surface area (Å²) in [6.45, 7) is 3.33. The van der Waals surface area contributed by atoms with Crippen LogP contribution in [0, 0.1) is 0 Å². The van der Waals surface area contributed by atoms with Crippen molar-refractivity contribution in [3.05, 3.63) is 59.9 Å². The van der Waals surface area contributed by atoms with E-state index in [4.69, 9.17) is 0 Å². The van der Waals surface area contributed by atoms with Crippen LogP contribution in [0.15, 0.2) is 48.8 Å². The Morgan fingerprint density at radius 2 is 1.73 bits per heavy atom. The van der Waals surface area contributed by atoms with E-state index in [9.17, 15) is 13.2 Å². The van der Waals surface area contributed by atoms with Crippen LogP contribution >= 0.6 is 0 Å². The fourth-order valence-corrected chi connectivity index (χ4v) is 5.84. The number of aromatic nitrogens is 1. The number of carbonyl (C=O) groups excluding carboxylic acids is 1. The van der Waals surface area contributed by atoms with Gasteiger partial charge in [0.1, 0.15) is 0 Å². The molecule has 0 spiro atoms. The number of carbonyl (C=O) groups is 1. The predicted octanol–water partition coefficient (Wildman–Crippen LogP) is 2.36. The van der Waals surface area contributed by atoms with Crippen molar-refractivity contribution in [3.63, 3.8) is 0 Å². The van der Waals surface area contributed by atoms with Gasteiger partial charge >= 0.3 is 0 Å². The van der Waals surface area contributed by atoms with Crippen molar-refractivity contribution >= 4 is 21.6 Å². The van der Waals surface area contributed by atoms with Crippen LogP contribution in [0.5, 0.6) is 0 Å². The first-order chi connectivity index (χ1) is 14.4. The lowest BCUT2D eigenvalue weighted by molar-refractivity contribution is 0.0636. The molecule has 0 saturated carbocycles. The third kappa shape index (κ3) is 4.49. The van der Waals surface area contributed by atoms with Crippen molar-refractivity contribution in [1.29, 1.82) is 0 Å². The number of hydrogen-bond acceptors (Lipinski definition) is 5. The van der Waals surface area contributed by atoms with Gasteiger partial charge in [-0.25, -0.2) is 8.42 Å². The number of benzene rings is 1. The van der Waals surface area contributed by atoms with Gasteiger partial charge in [0.05, 0.1) is 11.4 Å². The predicted molar refractivity (Wildman–Crippen MR) is 117 cm³/mol. The molecule has 0 N–H and O–H groups in total. The number of piperidine rings is 1. The second kappa shape index (κ2) is 8.73. The number of pyridine rings is 1. The Bertz CT molecular complexity index is 971. The van der Waals surface area contributed by atoms with Crippen LogP contribution in [0.3, 0.4) is 0 Å². The van der Waals surface area contributed by atoms with Crippen molar-refractivity contribution < 1.29 is 13.2 Å². The number of anilines is 1. The van der Waals surface area contributed by atoms with E-state index >= 15 is 0 Å². The first kappa shape index (κ1) is 20.8. The van der Waals surface area contributed by atoms with Crippen LogP contribution in [0.25, 0.3) is 0 Å². The first-order valence-electron chi connectivity index (χ1n) is 10.4. The van der Waals surface area contributed by atoms with Crippen molar-refractivity contribution in [2.75, 3.05) is 36.7 Å². The Hall–Kier alpha value is -2.45. The molecule has 8 heteroatoms. The Labute approximate surface area is 178 Å². The molecule has 2 fully saturated rings. The van der Waals surface area contributed by atoms with Gasteiger partial charge < -0.3 is 4.90 Å². The van der Waals surface area contributed by atoms with Gasteiger partial charge in [0, 0.05) is 57.2 Å². The first-order valence-corrected chi connectivity index (χ1v) is 12.0. The largest absolute Gasteiger partial charge is 0.339 e. The molecule has 1 aromatic heterocycles. The average molecular weight is 429 g/mol. The summed E-state index contributed by atoms with van der Waals surface area (Å²) in [5.74, 6) is 0.175. The van der Waals surface area contributed by atoms with Crippen LogP contribution in [0.2, 0.25) is 0 Å². The summed E-state index contributed by atoms with van der Waals surface area (Å²) in [7, 11) is -1.34. The maximum Gasteiger partial charge on any atom is 0.253 e. The number of likely N-dealkylation sites (tertiary alicyclic amines) is 1. The lowest BCUT2D eigenvalue weighted by Crippen LogP contribution is -2.45. The summed E-state index contributed by atoms with van der Waals surface area (Å²) < 4.78 is 25.6. The molecule has 1 aromatic carbocycles. The third-order valence-electron chi connectivity index (χ3n) is 6.08. The molecule has 0 aliphatic carbocycles. The smallest absolute Gasteiger partial charge is 0.253 e. The molecule has 0 radical (unpaired) electrons. The number of rotatable bonds is 5. The second-order valence-electron chi connectivity index (χ2n) is 8.07. The van der Waals surface area contributed by atoms with Crippen LogP contribution in [-0.4, -0.2) is 67.6 Å². The Kier molecular flexibility index (Phi) is 6.06. The lowest BCUT2D eigenvalue weighted by atomic mass is 10.0. The molecule has 2 aliphatic heterocycles. The molecule has 2 aromatic rings. The summed E-state index contributed by atoms with van der Waals surface area (Å²) in [6.07, 6.45) is 6.17. The highest BCUT2D eigenvalue weighted by atomic mass is 32.2. The summed E-state index contributed by atoms with van der Waals surface area (Å²) in [4.78, 5) is 21.3.